The monoisotopic (exact) mass is 415 g/mol. The molecule has 1 aliphatic rings. The maximum absolute atomic E-state index is 6.27. The standard InChI is InChI=1S/C22H33N5O3/c1-22(2,3)20-26-19(27-30-20)14-25-21(23-4)24-13-15-10-11-17(28-5)12-18(15)29-16-8-6-7-9-16/h10-12,16H,6-9,13-14H2,1-5H3,(H2,23,24,25). The summed E-state index contributed by atoms with van der Waals surface area (Å²) in [6.45, 7) is 7.12. The Hall–Kier alpha value is -2.77. The third kappa shape index (κ3) is 5.87. The van der Waals surface area contributed by atoms with Crippen LogP contribution in [0, 0.1) is 0 Å². The zero-order valence-electron chi connectivity index (χ0n) is 18.6. The van der Waals surface area contributed by atoms with Gasteiger partial charge in [0, 0.05) is 30.6 Å². The number of benzene rings is 1. The number of hydrogen-bond acceptors (Lipinski definition) is 6. The van der Waals surface area contributed by atoms with Crippen LogP contribution in [0.15, 0.2) is 27.7 Å². The van der Waals surface area contributed by atoms with Crippen molar-refractivity contribution in [2.24, 2.45) is 4.99 Å². The summed E-state index contributed by atoms with van der Waals surface area (Å²) in [5, 5.41) is 10.6. The van der Waals surface area contributed by atoms with E-state index in [2.05, 4.69) is 25.8 Å². The third-order valence-electron chi connectivity index (χ3n) is 5.06. The van der Waals surface area contributed by atoms with Crippen molar-refractivity contribution in [3.05, 3.63) is 35.5 Å². The van der Waals surface area contributed by atoms with E-state index in [4.69, 9.17) is 14.0 Å². The zero-order valence-corrected chi connectivity index (χ0v) is 18.6. The van der Waals surface area contributed by atoms with Crippen LogP contribution in [-0.2, 0) is 18.5 Å². The molecule has 0 spiro atoms. The topological polar surface area (TPSA) is 93.8 Å². The molecular formula is C22H33N5O3. The number of nitrogens with one attached hydrogen (secondary N) is 2. The average molecular weight is 416 g/mol. The minimum atomic E-state index is -0.171. The maximum atomic E-state index is 6.27. The van der Waals surface area contributed by atoms with Gasteiger partial charge in [0.1, 0.15) is 11.5 Å². The normalized spacial score (nSPS) is 15.3. The molecule has 164 valence electrons. The van der Waals surface area contributed by atoms with E-state index in [1.807, 2.05) is 39.0 Å². The number of ether oxygens (including phenoxy) is 2. The molecule has 0 radical (unpaired) electrons. The number of rotatable bonds is 7. The van der Waals surface area contributed by atoms with Gasteiger partial charge in [-0.25, -0.2) is 0 Å². The van der Waals surface area contributed by atoms with Crippen molar-refractivity contribution in [2.45, 2.75) is 71.1 Å². The van der Waals surface area contributed by atoms with Crippen LogP contribution in [0.1, 0.15) is 63.7 Å². The van der Waals surface area contributed by atoms with Gasteiger partial charge in [-0.2, -0.15) is 4.98 Å². The second-order valence-corrected chi connectivity index (χ2v) is 8.54. The average Bonchev–Trinajstić information content (AvgIpc) is 3.40. The predicted octanol–water partition coefficient (Wildman–Crippen LogP) is 3.56. The molecule has 1 aromatic heterocycles. The van der Waals surface area contributed by atoms with Crippen LogP contribution < -0.4 is 20.1 Å². The third-order valence-corrected chi connectivity index (χ3v) is 5.06. The molecule has 0 unspecified atom stereocenters. The van der Waals surface area contributed by atoms with E-state index in [1.165, 1.54) is 12.8 Å². The summed E-state index contributed by atoms with van der Waals surface area (Å²) < 4.78 is 17.0. The number of aromatic nitrogens is 2. The fourth-order valence-corrected chi connectivity index (χ4v) is 3.30. The molecule has 2 aromatic rings. The minimum Gasteiger partial charge on any atom is -0.497 e. The summed E-state index contributed by atoms with van der Waals surface area (Å²) in [4.78, 5) is 8.72. The van der Waals surface area contributed by atoms with Crippen LogP contribution >= 0.6 is 0 Å². The van der Waals surface area contributed by atoms with Gasteiger partial charge in [0.25, 0.3) is 0 Å². The summed E-state index contributed by atoms with van der Waals surface area (Å²) >= 11 is 0. The number of methoxy groups -OCH3 is 1. The van der Waals surface area contributed by atoms with Gasteiger partial charge in [0.2, 0.25) is 5.89 Å². The van der Waals surface area contributed by atoms with Gasteiger partial charge in [0.05, 0.1) is 19.8 Å². The Labute approximate surface area is 178 Å². The Morgan fingerprint density at radius 3 is 2.57 bits per heavy atom. The van der Waals surface area contributed by atoms with Crippen molar-refractivity contribution in [3.63, 3.8) is 0 Å². The Morgan fingerprint density at radius 1 is 1.20 bits per heavy atom. The predicted molar refractivity (Wildman–Crippen MR) is 116 cm³/mol. The summed E-state index contributed by atoms with van der Waals surface area (Å²) in [6, 6.07) is 5.93. The number of hydrogen-bond donors (Lipinski definition) is 2. The zero-order chi connectivity index (χ0) is 21.6. The first-order valence-electron chi connectivity index (χ1n) is 10.5. The lowest BCUT2D eigenvalue weighted by atomic mass is 9.97. The second kappa shape index (κ2) is 9.82. The lowest BCUT2D eigenvalue weighted by molar-refractivity contribution is 0.207. The van der Waals surface area contributed by atoms with Gasteiger partial charge in [0.15, 0.2) is 11.8 Å². The van der Waals surface area contributed by atoms with Crippen LogP contribution in [0.25, 0.3) is 0 Å². The number of guanidine groups is 1. The van der Waals surface area contributed by atoms with E-state index < -0.39 is 0 Å². The summed E-state index contributed by atoms with van der Waals surface area (Å²) in [5.41, 5.74) is 0.884. The Bertz CT molecular complexity index is 851. The summed E-state index contributed by atoms with van der Waals surface area (Å²) in [7, 11) is 3.40. The molecule has 1 saturated carbocycles. The Kier molecular flexibility index (Phi) is 7.18. The highest BCUT2D eigenvalue weighted by Crippen LogP contribution is 2.30. The molecule has 30 heavy (non-hydrogen) atoms. The molecule has 1 aliphatic carbocycles. The fourth-order valence-electron chi connectivity index (χ4n) is 3.30. The largest absolute Gasteiger partial charge is 0.497 e. The van der Waals surface area contributed by atoms with Crippen LogP contribution in [0.2, 0.25) is 0 Å². The fraction of sp³-hybridized carbons (Fsp3) is 0.591. The van der Waals surface area contributed by atoms with E-state index in [-0.39, 0.29) is 11.5 Å². The lowest BCUT2D eigenvalue weighted by Gasteiger charge is -2.18. The highest BCUT2D eigenvalue weighted by atomic mass is 16.5. The van der Waals surface area contributed by atoms with Gasteiger partial charge >= 0.3 is 0 Å². The van der Waals surface area contributed by atoms with Gasteiger partial charge in [-0.15, -0.1) is 0 Å². The second-order valence-electron chi connectivity index (χ2n) is 8.54. The van der Waals surface area contributed by atoms with Crippen LogP contribution in [0.3, 0.4) is 0 Å². The van der Waals surface area contributed by atoms with Crippen molar-refractivity contribution in [3.8, 4) is 11.5 Å². The first kappa shape index (κ1) is 21.9. The van der Waals surface area contributed by atoms with Crippen molar-refractivity contribution in [1.29, 1.82) is 0 Å². The highest BCUT2D eigenvalue weighted by Gasteiger charge is 2.22. The van der Waals surface area contributed by atoms with Crippen LogP contribution in [0.4, 0.5) is 0 Å². The SMILES string of the molecule is CN=C(NCc1noc(C(C)(C)C)n1)NCc1ccc(OC)cc1OC1CCCC1. The van der Waals surface area contributed by atoms with Crippen molar-refractivity contribution >= 4 is 5.96 Å². The molecule has 0 amide bonds. The van der Waals surface area contributed by atoms with E-state index in [1.54, 1.807) is 14.2 Å². The van der Waals surface area contributed by atoms with Crippen molar-refractivity contribution < 1.29 is 14.0 Å². The molecule has 1 aromatic carbocycles. The van der Waals surface area contributed by atoms with Gasteiger partial charge in [-0.1, -0.05) is 25.9 Å². The van der Waals surface area contributed by atoms with E-state index in [0.717, 1.165) is 29.9 Å². The molecule has 0 aliphatic heterocycles. The molecule has 0 bridgehead atoms. The van der Waals surface area contributed by atoms with Crippen molar-refractivity contribution in [2.75, 3.05) is 14.2 Å². The van der Waals surface area contributed by atoms with Gasteiger partial charge in [-0.05, 0) is 37.8 Å². The first-order chi connectivity index (χ1) is 14.4. The molecule has 0 atom stereocenters. The number of aliphatic imine (C=N–C) groups is 1. The lowest BCUT2D eigenvalue weighted by Crippen LogP contribution is -2.36. The maximum Gasteiger partial charge on any atom is 0.232 e. The van der Waals surface area contributed by atoms with E-state index in [0.29, 0.717) is 30.8 Å². The Balaban J connectivity index is 1.59. The number of nitrogens with zero attached hydrogens (tertiary/aromatic N) is 3. The molecule has 2 N–H and O–H groups in total. The molecule has 8 heteroatoms. The summed E-state index contributed by atoms with van der Waals surface area (Å²) in [6.07, 6.45) is 4.95. The molecule has 0 saturated heterocycles. The van der Waals surface area contributed by atoms with Crippen LogP contribution in [0.5, 0.6) is 11.5 Å². The highest BCUT2D eigenvalue weighted by molar-refractivity contribution is 5.79. The molecule has 1 fully saturated rings. The van der Waals surface area contributed by atoms with Crippen LogP contribution in [-0.4, -0.2) is 36.4 Å². The van der Waals surface area contributed by atoms with E-state index >= 15 is 0 Å². The van der Waals surface area contributed by atoms with Crippen molar-refractivity contribution in [1.82, 2.24) is 20.8 Å². The molecule has 1 heterocycles. The van der Waals surface area contributed by atoms with Gasteiger partial charge < -0.3 is 24.6 Å². The summed E-state index contributed by atoms with van der Waals surface area (Å²) in [5.74, 6) is 3.52. The molecular weight excluding hydrogens is 382 g/mol. The quantitative estimate of drug-likeness (QED) is 0.527. The van der Waals surface area contributed by atoms with Gasteiger partial charge in [-0.3, -0.25) is 4.99 Å². The molecule has 8 nitrogen and oxygen atoms in total. The first-order valence-corrected chi connectivity index (χ1v) is 10.5. The van der Waals surface area contributed by atoms with E-state index in [9.17, 15) is 0 Å². The Morgan fingerprint density at radius 2 is 1.93 bits per heavy atom. The smallest absolute Gasteiger partial charge is 0.232 e. The minimum absolute atomic E-state index is 0.171. The molecule has 3 rings (SSSR count).